The molecule has 0 heterocycles. The molecule has 0 saturated heterocycles. The molecule has 5 heteroatoms. The summed E-state index contributed by atoms with van der Waals surface area (Å²) in [4.78, 5) is 15.8. The normalized spacial score (nSPS) is 14.1. The lowest BCUT2D eigenvalue weighted by atomic mass is 10.0. The van der Waals surface area contributed by atoms with Gasteiger partial charge in [0.15, 0.2) is 6.04 Å². The summed E-state index contributed by atoms with van der Waals surface area (Å²) in [6.45, 7) is 0. The highest BCUT2D eigenvalue weighted by atomic mass is 16.4. The van der Waals surface area contributed by atoms with E-state index in [4.69, 9.17) is 5.73 Å². The highest BCUT2D eigenvalue weighted by molar-refractivity contribution is 5.88. The number of carboxylic acids is 1. The molecule has 2 atom stereocenters. The second kappa shape index (κ2) is 8.84. The number of aliphatic carboxylic acids is 1. The van der Waals surface area contributed by atoms with Gasteiger partial charge in [0, 0.05) is 6.42 Å². The molecular weight excluding hydrogens is 302 g/mol. The fourth-order valence-electron chi connectivity index (χ4n) is 2.50. The van der Waals surface area contributed by atoms with Gasteiger partial charge < -0.3 is 16.2 Å². The summed E-state index contributed by atoms with van der Waals surface area (Å²) >= 11 is 0. The zero-order valence-corrected chi connectivity index (χ0v) is 13.7. The van der Waals surface area contributed by atoms with E-state index >= 15 is 0 Å². The quantitative estimate of drug-likeness (QED) is 0.511. The standard InChI is InChI=1S/C19H23N3O2/c1-21-16(12-14-8-4-2-5-9-14)18(20)22-17(19(23)24)13-15-10-6-3-7-11-15/h2-11,16-17,21H,12-13H2,1H3,(H2,20,22)(H,23,24)/t16-,17-/m0/s1. The zero-order chi connectivity index (χ0) is 17.4. The lowest BCUT2D eigenvalue weighted by Crippen LogP contribution is -2.42. The zero-order valence-electron chi connectivity index (χ0n) is 13.7. The Morgan fingerprint density at radius 3 is 2.00 bits per heavy atom. The van der Waals surface area contributed by atoms with Crippen LogP contribution in [0.5, 0.6) is 0 Å². The molecule has 0 spiro atoms. The molecule has 4 N–H and O–H groups in total. The summed E-state index contributed by atoms with van der Waals surface area (Å²) in [5.74, 6) is -0.666. The number of nitrogens with zero attached hydrogens (tertiary/aromatic N) is 1. The Labute approximate surface area is 142 Å². The van der Waals surface area contributed by atoms with E-state index in [0.717, 1.165) is 11.1 Å². The molecule has 0 unspecified atom stereocenters. The molecule has 2 rings (SSSR count). The van der Waals surface area contributed by atoms with Crippen molar-refractivity contribution in [2.75, 3.05) is 7.05 Å². The molecule has 0 aliphatic carbocycles. The third-order valence-electron chi connectivity index (χ3n) is 3.85. The first kappa shape index (κ1) is 17.7. The van der Waals surface area contributed by atoms with Crippen molar-refractivity contribution < 1.29 is 9.90 Å². The molecular formula is C19H23N3O2. The molecule has 0 saturated carbocycles. The van der Waals surface area contributed by atoms with Crippen LogP contribution >= 0.6 is 0 Å². The molecule has 0 aromatic heterocycles. The summed E-state index contributed by atoms with van der Waals surface area (Å²) in [5, 5.41) is 12.6. The van der Waals surface area contributed by atoms with Crippen LogP contribution in [0.2, 0.25) is 0 Å². The van der Waals surface area contributed by atoms with E-state index in [1.807, 2.05) is 60.7 Å². The maximum atomic E-state index is 11.5. The van der Waals surface area contributed by atoms with Gasteiger partial charge in [-0.25, -0.2) is 4.79 Å². The summed E-state index contributed by atoms with van der Waals surface area (Å²) in [6.07, 6.45) is 0.975. The molecule has 2 aromatic rings. The number of amidine groups is 1. The lowest BCUT2D eigenvalue weighted by molar-refractivity contribution is -0.138. The third-order valence-corrected chi connectivity index (χ3v) is 3.85. The molecule has 0 aliphatic heterocycles. The summed E-state index contributed by atoms with van der Waals surface area (Å²) < 4.78 is 0. The largest absolute Gasteiger partial charge is 0.480 e. The van der Waals surface area contributed by atoms with Gasteiger partial charge in [0.05, 0.1) is 6.04 Å². The maximum absolute atomic E-state index is 11.5. The number of rotatable bonds is 8. The number of likely N-dealkylation sites (N-methyl/N-ethyl adjacent to an activating group) is 1. The van der Waals surface area contributed by atoms with Crippen molar-refractivity contribution in [2.45, 2.75) is 24.9 Å². The first-order valence-electron chi connectivity index (χ1n) is 7.91. The van der Waals surface area contributed by atoms with Crippen molar-refractivity contribution in [1.82, 2.24) is 5.32 Å². The predicted molar refractivity (Wildman–Crippen MR) is 96.2 cm³/mol. The lowest BCUT2D eigenvalue weighted by Gasteiger charge is -2.18. The summed E-state index contributed by atoms with van der Waals surface area (Å²) in [7, 11) is 1.79. The number of aliphatic imine (C=N–C) groups is 1. The van der Waals surface area contributed by atoms with Gasteiger partial charge in [0.2, 0.25) is 0 Å². The Bertz CT molecular complexity index is 672. The second-order valence-electron chi connectivity index (χ2n) is 5.63. The van der Waals surface area contributed by atoms with Crippen LogP contribution < -0.4 is 11.1 Å². The van der Waals surface area contributed by atoms with E-state index in [1.165, 1.54) is 0 Å². The van der Waals surface area contributed by atoms with Gasteiger partial charge in [-0.2, -0.15) is 0 Å². The maximum Gasteiger partial charge on any atom is 0.328 e. The van der Waals surface area contributed by atoms with E-state index in [2.05, 4.69) is 10.3 Å². The first-order chi connectivity index (χ1) is 11.6. The molecule has 5 nitrogen and oxygen atoms in total. The topological polar surface area (TPSA) is 87.7 Å². The van der Waals surface area contributed by atoms with Gasteiger partial charge in [0.1, 0.15) is 5.84 Å². The Morgan fingerprint density at radius 2 is 1.54 bits per heavy atom. The van der Waals surface area contributed by atoms with Gasteiger partial charge in [-0.1, -0.05) is 60.7 Å². The predicted octanol–water partition coefficient (Wildman–Crippen LogP) is 1.87. The molecule has 0 aliphatic rings. The molecule has 0 amide bonds. The van der Waals surface area contributed by atoms with Crippen LogP contribution in [-0.4, -0.2) is 36.0 Å². The van der Waals surface area contributed by atoms with E-state index in [1.54, 1.807) is 7.05 Å². The van der Waals surface area contributed by atoms with Gasteiger partial charge in [-0.15, -0.1) is 0 Å². The number of hydrogen-bond acceptors (Lipinski definition) is 3. The monoisotopic (exact) mass is 325 g/mol. The molecule has 2 aromatic carbocycles. The van der Waals surface area contributed by atoms with Crippen molar-refractivity contribution in [1.29, 1.82) is 0 Å². The Kier molecular flexibility index (Phi) is 6.51. The molecule has 0 radical (unpaired) electrons. The van der Waals surface area contributed by atoms with Crippen LogP contribution in [0, 0.1) is 0 Å². The average Bonchev–Trinajstić information content (AvgIpc) is 2.60. The van der Waals surface area contributed by atoms with Crippen molar-refractivity contribution >= 4 is 11.8 Å². The Hall–Kier alpha value is -2.66. The SMILES string of the molecule is CN[C@@H](Cc1ccccc1)C(N)=N[C@@H](Cc1ccccc1)C(=O)O. The fourth-order valence-corrected chi connectivity index (χ4v) is 2.50. The average molecular weight is 325 g/mol. The number of nitrogens with two attached hydrogens (primary N) is 1. The minimum absolute atomic E-state index is 0.204. The first-order valence-corrected chi connectivity index (χ1v) is 7.91. The van der Waals surface area contributed by atoms with Gasteiger partial charge in [-0.05, 0) is 24.6 Å². The van der Waals surface area contributed by atoms with Crippen LogP contribution in [0.4, 0.5) is 0 Å². The highest BCUT2D eigenvalue weighted by Gasteiger charge is 2.20. The van der Waals surface area contributed by atoms with Crippen molar-refractivity contribution in [3.8, 4) is 0 Å². The van der Waals surface area contributed by atoms with E-state index in [9.17, 15) is 9.90 Å². The molecule has 126 valence electrons. The third kappa shape index (κ3) is 5.21. The van der Waals surface area contributed by atoms with Crippen molar-refractivity contribution in [3.63, 3.8) is 0 Å². The summed E-state index contributed by atoms with van der Waals surface area (Å²) in [6, 6.07) is 18.2. The fraction of sp³-hybridized carbons (Fsp3) is 0.263. The number of nitrogens with one attached hydrogen (secondary N) is 1. The second-order valence-corrected chi connectivity index (χ2v) is 5.63. The highest BCUT2D eigenvalue weighted by Crippen LogP contribution is 2.08. The smallest absolute Gasteiger partial charge is 0.328 e. The van der Waals surface area contributed by atoms with Crippen LogP contribution in [0.25, 0.3) is 0 Å². The summed E-state index contributed by atoms with van der Waals surface area (Å²) in [5.41, 5.74) is 8.13. The Balaban J connectivity index is 2.12. The molecule has 24 heavy (non-hydrogen) atoms. The van der Waals surface area contributed by atoms with Gasteiger partial charge in [-0.3, -0.25) is 4.99 Å². The number of carboxylic acid groups (broad SMARTS) is 1. The van der Waals surface area contributed by atoms with Crippen LogP contribution in [0.3, 0.4) is 0 Å². The van der Waals surface area contributed by atoms with Crippen LogP contribution in [0.15, 0.2) is 65.7 Å². The van der Waals surface area contributed by atoms with Gasteiger partial charge >= 0.3 is 5.97 Å². The minimum atomic E-state index is -0.976. The molecule has 0 fully saturated rings. The minimum Gasteiger partial charge on any atom is -0.480 e. The van der Waals surface area contributed by atoms with Crippen molar-refractivity contribution in [2.24, 2.45) is 10.7 Å². The Morgan fingerprint density at radius 1 is 1.04 bits per heavy atom. The molecule has 0 bridgehead atoms. The number of benzene rings is 2. The van der Waals surface area contributed by atoms with Crippen LogP contribution in [0.1, 0.15) is 11.1 Å². The number of hydrogen-bond donors (Lipinski definition) is 3. The van der Waals surface area contributed by atoms with E-state index < -0.39 is 12.0 Å². The van der Waals surface area contributed by atoms with Crippen LogP contribution in [-0.2, 0) is 17.6 Å². The van der Waals surface area contributed by atoms with E-state index in [-0.39, 0.29) is 6.04 Å². The number of carbonyl (C=O) groups is 1. The van der Waals surface area contributed by atoms with Crippen molar-refractivity contribution in [3.05, 3.63) is 71.8 Å². The van der Waals surface area contributed by atoms with Gasteiger partial charge in [0.25, 0.3) is 0 Å². The van der Waals surface area contributed by atoms with E-state index in [0.29, 0.717) is 18.7 Å².